The monoisotopic (exact) mass is 216 g/mol. The number of hydrogen-bond acceptors (Lipinski definition) is 5. The standard InChI is InChI=1S/C7H8N2O6/c1-4(15-14)8-2-5(10)9(7(8)13)3-6(11)12/h14H,1-3H2,(H,11,12). The zero-order valence-corrected chi connectivity index (χ0v) is 7.54. The van der Waals surface area contributed by atoms with E-state index in [1.165, 1.54) is 0 Å². The predicted octanol–water partition coefficient (Wildman–Crippen LogP) is -0.704. The Bertz CT molecular complexity index is 338. The number of nitrogens with zero attached hydrogens (tertiary/aromatic N) is 2. The SMILES string of the molecule is C=C(OO)N1CC(=O)N(CC(=O)O)C1=O. The van der Waals surface area contributed by atoms with Crippen LogP contribution < -0.4 is 0 Å². The summed E-state index contributed by atoms with van der Waals surface area (Å²) in [4.78, 5) is 37.8. The van der Waals surface area contributed by atoms with E-state index in [0.717, 1.165) is 4.90 Å². The van der Waals surface area contributed by atoms with Gasteiger partial charge in [-0.1, -0.05) is 0 Å². The Hall–Kier alpha value is -2.09. The molecule has 1 saturated heterocycles. The first-order valence-electron chi connectivity index (χ1n) is 3.81. The van der Waals surface area contributed by atoms with E-state index in [0.29, 0.717) is 4.90 Å². The lowest BCUT2D eigenvalue weighted by Crippen LogP contribution is -2.36. The molecule has 8 heteroatoms. The smallest absolute Gasteiger partial charge is 0.334 e. The second-order valence-corrected chi connectivity index (χ2v) is 2.73. The van der Waals surface area contributed by atoms with Crippen molar-refractivity contribution in [3.05, 3.63) is 12.5 Å². The minimum atomic E-state index is -1.31. The zero-order valence-electron chi connectivity index (χ0n) is 7.54. The molecule has 1 fully saturated rings. The fraction of sp³-hybridized carbons (Fsp3) is 0.286. The molecule has 1 heterocycles. The largest absolute Gasteiger partial charge is 0.480 e. The van der Waals surface area contributed by atoms with Crippen LogP contribution in [0.25, 0.3) is 0 Å². The molecular formula is C7H8N2O6. The van der Waals surface area contributed by atoms with Gasteiger partial charge in [0.15, 0.2) is 0 Å². The summed E-state index contributed by atoms with van der Waals surface area (Å²) in [6, 6.07) is -0.888. The topological polar surface area (TPSA) is 107 Å². The van der Waals surface area contributed by atoms with Gasteiger partial charge < -0.3 is 9.99 Å². The third-order valence-corrected chi connectivity index (χ3v) is 1.76. The van der Waals surface area contributed by atoms with E-state index in [9.17, 15) is 14.4 Å². The van der Waals surface area contributed by atoms with Crippen LogP contribution in [-0.4, -0.2) is 51.2 Å². The molecule has 0 atom stereocenters. The second kappa shape index (κ2) is 3.96. The first kappa shape index (κ1) is 11.0. The molecule has 3 amide bonds. The number of rotatable bonds is 4. The van der Waals surface area contributed by atoms with Gasteiger partial charge in [0.05, 0.1) is 0 Å². The Balaban J connectivity index is 2.79. The average molecular weight is 216 g/mol. The predicted molar refractivity (Wildman–Crippen MR) is 44.3 cm³/mol. The molecule has 15 heavy (non-hydrogen) atoms. The molecule has 0 saturated carbocycles. The number of carbonyl (C=O) groups excluding carboxylic acids is 2. The third kappa shape index (κ3) is 2.05. The number of aliphatic carboxylic acids is 1. The molecule has 0 bridgehead atoms. The van der Waals surface area contributed by atoms with E-state index in [1.807, 2.05) is 0 Å². The molecule has 0 aromatic carbocycles. The summed E-state index contributed by atoms with van der Waals surface area (Å²) in [6.07, 6.45) is 0. The van der Waals surface area contributed by atoms with Gasteiger partial charge in [0, 0.05) is 0 Å². The van der Waals surface area contributed by atoms with Crippen LogP contribution in [0.1, 0.15) is 0 Å². The molecule has 1 rings (SSSR count). The second-order valence-electron chi connectivity index (χ2n) is 2.73. The maximum atomic E-state index is 11.4. The normalized spacial score (nSPS) is 15.8. The highest BCUT2D eigenvalue weighted by Gasteiger charge is 2.39. The number of urea groups is 1. The van der Waals surface area contributed by atoms with Crippen molar-refractivity contribution < 1.29 is 29.6 Å². The maximum absolute atomic E-state index is 11.4. The first-order chi connectivity index (χ1) is 6.97. The molecule has 0 radical (unpaired) electrons. The van der Waals surface area contributed by atoms with Gasteiger partial charge in [-0.25, -0.2) is 10.1 Å². The summed E-state index contributed by atoms with van der Waals surface area (Å²) in [5.74, 6) is -2.43. The van der Waals surface area contributed by atoms with Crippen LogP contribution in [-0.2, 0) is 14.5 Å². The number of imide groups is 1. The van der Waals surface area contributed by atoms with E-state index in [4.69, 9.17) is 10.4 Å². The van der Waals surface area contributed by atoms with Crippen molar-refractivity contribution in [1.82, 2.24) is 9.80 Å². The van der Waals surface area contributed by atoms with E-state index in [2.05, 4.69) is 11.5 Å². The quantitative estimate of drug-likeness (QED) is 0.278. The minimum absolute atomic E-state index is 0.397. The lowest BCUT2D eigenvalue weighted by Gasteiger charge is -2.14. The van der Waals surface area contributed by atoms with Crippen LogP contribution in [0, 0.1) is 0 Å². The van der Waals surface area contributed by atoms with Crippen LogP contribution in [0.3, 0.4) is 0 Å². The Morgan fingerprint density at radius 2 is 2.13 bits per heavy atom. The van der Waals surface area contributed by atoms with Gasteiger partial charge in [0.1, 0.15) is 13.1 Å². The fourth-order valence-corrected chi connectivity index (χ4v) is 1.08. The number of carboxylic acids is 1. The number of hydrogen-bond donors (Lipinski definition) is 2. The van der Waals surface area contributed by atoms with Crippen molar-refractivity contribution in [2.75, 3.05) is 13.1 Å². The Labute approximate surface area is 83.9 Å². The molecule has 1 aliphatic heterocycles. The molecule has 8 nitrogen and oxygen atoms in total. The van der Waals surface area contributed by atoms with Crippen LogP contribution >= 0.6 is 0 Å². The van der Waals surface area contributed by atoms with E-state index < -0.39 is 36.9 Å². The van der Waals surface area contributed by atoms with Crippen LogP contribution in [0.2, 0.25) is 0 Å². The molecule has 0 aromatic heterocycles. The summed E-state index contributed by atoms with van der Waals surface area (Å²) in [5, 5.41) is 16.7. The third-order valence-electron chi connectivity index (χ3n) is 1.76. The summed E-state index contributed by atoms with van der Waals surface area (Å²) >= 11 is 0. The number of amides is 3. The van der Waals surface area contributed by atoms with Gasteiger partial charge in [-0.3, -0.25) is 19.4 Å². The summed E-state index contributed by atoms with van der Waals surface area (Å²) in [7, 11) is 0. The summed E-state index contributed by atoms with van der Waals surface area (Å²) < 4.78 is 0. The van der Waals surface area contributed by atoms with Gasteiger partial charge in [-0.15, -0.1) is 0 Å². The fourth-order valence-electron chi connectivity index (χ4n) is 1.08. The number of carbonyl (C=O) groups is 3. The summed E-state index contributed by atoms with van der Waals surface area (Å²) in [6.45, 7) is 2.03. The maximum Gasteiger partial charge on any atom is 0.334 e. The summed E-state index contributed by atoms with van der Waals surface area (Å²) in [5.41, 5.74) is 0. The van der Waals surface area contributed by atoms with Crippen molar-refractivity contribution in [2.24, 2.45) is 0 Å². The van der Waals surface area contributed by atoms with Crippen molar-refractivity contribution in [2.45, 2.75) is 0 Å². The van der Waals surface area contributed by atoms with Gasteiger partial charge in [-0.2, -0.15) is 0 Å². The Morgan fingerprint density at radius 1 is 1.53 bits per heavy atom. The molecule has 82 valence electrons. The highest BCUT2D eigenvalue weighted by Crippen LogP contribution is 2.14. The van der Waals surface area contributed by atoms with Crippen LogP contribution in [0.5, 0.6) is 0 Å². The minimum Gasteiger partial charge on any atom is -0.480 e. The van der Waals surface area contributed by atoms with Gasteiger partial charge in [0.2, 0.25) is 5.88 Å². The lowest BCUT2D eigenvalue weighted by atomic mass is 10.5. The molecular weight excluding hydrogens is 208 g/mol. The van der Waals surface area contributed by atoms with Gasteiger partial charge in [-0.05, 0) is 6.58 Å². The van der Waals surface area contributed by atoms with Gasteiger partial charge in [0.25, 0.3) is 5.91 Å². The van der Waals surface area contributed by atoms with Gasteiger partial charge >= 0.3 is 12.0 Å². The molecule has 0 aliphatic carbocycles. The van der Waals surface area contributed by atoms with E-state index >= 15 is 0 Å². The van der Waals surface area contributed by atoms with Crippen LogP contribution in [0.4, 0.5) is 4.79 Å². The zero-order chi connectivity index (χ0) is 11.6. The van der Waals surface area contributed by atoms with Crippen molar-refractivity contribution >= 4 is 17.9 Å². The number of carboxylic acid groups (broad SMARTS) is 1. The van der Waals surface area contributed by atoms with Crippen molar-refractivity contribution in [3.63, 3.8) is 0 Å². The molecule has 0 aromatic rings. The molecule has 2 N–H and O–H groups in total. The van der Waals surface area contributed by atoms with E-state index in [-0.39, 0.29) is 0 Å². The molecule has 0 unspecified atom stereocenters. The van der Waals surface area contributed by atoms with Crippen LogP contribution in [0.15, 0.2) is 12.5 Å². The lowest BCUT2D eigenvalue weighted by molar-refractivity contribution is -0.218. The molecule has 1 aliphatic rings. The van der Waals surface area contributed by atoms with E-state index in [1.54, 1.807) is 0 Å². The Morgan fingerprint density at radius 3 is 2.60 bits per heavy atom. The first-order valence-corrected chi connectivity index (χ1v) is 3.81. The average Bonchev–Trinajstić information content (AvgIpc) is 2.44. The highest BCUT2D eigenvalue weighted by molar-refractivity contribution is 6.04. The molecule has 0 spiro atoms. The van der Waals surface area contributed by atoms with Crippen molar-refractivity contribution in [1.29, 1.82) is 0 Å². The van der Waals surface area contributed by atoms with Crippen molar-refractivity contribution in [3.8, 4) is 0 Å². The highest BCUT2D eigenvalue weighted by atomic mass is 17.1. The Kier molecular flexibility index (Phi) is 2.90.